The maximum Gasteiger partial charge on any atom is 0.151 e. The molecule has 5 nitrogen and oxygen atoms in total. The molecule has 0 unspecified atom stereocenters. The molecule has 1 aromatic heterocycles. The van der Waals surface area contributed by atoms with E-state index in [0.717, 1.165) is 47.2 Å². The van der Waals surface area contributed by atoms with Crippen molar-refractivity contribution in [3.63, 3.8) is 0 Å². The zero-order chi connectivity index (χ0) is 17.6. The van der Waals surface area contributed by atoms with Crippen molar-refractivity contribution in [2.24, 2.45) is 5.92 Å². The second-order valence-electron chi connectivity index (χ2n) is 7.61. The quantitative estimate of drug-likeness (QED) is 0.912. The van der Waals surface area contributed by atoms with Crippen molar-refractivity contribution in [1.82, 2.24) is 15.1 Å². The lowest BCUT2D eigenvalue weighted by Crippen LogP contribution is -2.47. The number of hydrogen-bond acceptors (Lipinski definition) is 5. The van der Waals surface area contributed by atoms with Crippen LogP contribution in [0.5, 0.6) is 5.75 Å². The molecular weight excluding hydrogens is 312 g/mol. The Balaban J connectivity index is 1.61. The average Bonchev–Trinajstić information content (AvgIpc) is 2.97. The molecule has 5 heteroatoms. The molecule has 1 aromatic carbocycles. The Bertz CT molecular complexity index is 751. The fraction of sp³-hybridized carbons (Fsp3) is 0.500. The Morgan fingerprint density at radius 3 is 2.60 bits per heavy atom. The standard InChI is InChI=1S/C20H26N4O/c1-13-10-14(2)20(18(25)11-13)16-4-5-19(22-21-16)24-9-7-15-6-8-23(3)12-17(15)24/h4-5,10-11,15,17,25H,6-9,12H2,1-3H3/t15-,17-/m0/s1. The molecule has 0 amide bonds. The zero-order valence-electron chi connectivity index (χ0n) is 15.2. The summed E-state index contributed by atoms with van der Waals surface area (Å²) in [5.74, 6) is 2.01. The molecule has 2 saturated heterocycles. The number of piperidine rings is 1. The Kier molecular flexibility index (Phi) is 4.12. The van der Waals surface area contributed by atoms with Gasteiger partial charge in [0.15, 0.2) is 5.82 Å². The van der Waals surface area contributed by atoms with Gasteiger partial charge < -0.3 is 14.9 Å². The van der Waals surface area contributed by atoms with Crippen LogP contribution in [0.4, 0.5) is 5.82 Å². The number of nitrogens with zero attached hydrogens (tertiary/aromatic N) is 4. The molecule has 2 fully saturated rings. The number of benzene rings is 1. The van der Waals surface area contributed by atoms with Gasteiger partial charge in [-0.25, -0.2) is 0 Å². The summed E-state index contributed by atoms with van der Waals surface area (Å²) in [6.07, 6.45) is 2.53. The Hall–Kier alpha value is -2.14. The summed E-state index contributed by atoms with van der Waals surface area (Å²) < 4.78 is 0. The summed E-state index contributed by atoms with van der Waals surface area (Å²) in [5.41, 5.74) is 3.58. The van der Waals surface area contributed by atoms with Crippen molar-refractivity contribution in [3.8, 4) is 17.0 Å². The van der Waals surface area contributed by atoms with Crippen molar-refractivity contribution in [3.05, 3.63) is 35.4 Å². The highest BCUT2D eigenvalue weighted by atomic mass is 16.3. The fourth-order valence-electron chi connectivity index (χ4n) is 4.47. The SMILES string of the molecule is Cc1cc(C)c(-c2ccc(N3CC[C@@H]4CCN(C)C[C@@H]43)nn2)c(O)c1. The van der Waals surface area contributed by atoms with Gasteiger partial charge in [0.1, 0.15) is 5.75 Å². The zero-order valence-corrected chi connectivity index (χ0v) is 15.2. The first-order valence-electron chi connectivity index (χ1n) is 9.12. The van der Waals surface area contributed by atoms with Crippen LogP contribution in [0.3, 0.4) is 0 Å². The maximum atomic E-state index is 10.3. The summed E-state index contributed by atoms with van der Waals surface area (Å²) in [4.78, 5) is 4.83. The van der Waals surface area contributed by atoms with Crippen molar-refractivity contribution in [2.75, 3.05) is 31.6 Å². The molecule has 0 bridgehead atoms. The number of aromatic hydroxyl groups is 1. The van der Waals surface area contributed by atoms with Crippen molar-refractivity contribution in [1.29, 1.82) is 0 Å². The van der Waals surface area contributed by atoms with E-state index in [1.807, 2.05) is 19.9 Å². The third-order valence-electron chi connectivity index (χ3n) is 5.73. The molecule has 2 aliphatic heterocycles. The normalized spacial score (nSPS) is 23.7. The van der Waals surface area contributed by atoms with Gasteiger partial charge in [0.25, 0.3) is 0 Å². The summed E-state index contributed by atoms with van der Waals surface area (Å²) in [7, 11) is 2.20. The fourth-order valence-corrected chi connectivity index (χ4v) is 4.47. The second kappa shape index (κ2) is 6.30. The van der Waals surface area contributed by atoms with Gasteiger partial charge in [-0.15, -0.1) is 10.2 Å². The third kappa shape index (κ3) is 2.97. The topological polar surface area (TPSA) is 52.5 Å². The molecule has 0 aliphatic carbocycles. The Labute approximate surface area is 149 Å². The predicted molar refractivity (Wildman–Crippen MR) is 100.0 cm³/mol. The van der Waals surface area contributed by atoms with Crippen LogP contribution >= 0.6 is 0 Å². The number of rotatable bonds is 2. The number of likely N-dealkylation sites (tertiary alicyclic amines) is 1. The van der Waals surface area contributed by atoms with Crippen LogP contribution in [0.15, 0.2) is 24.3 Å². The number of aromatic nitrogens is 2. The van der Waals surface area contributed by atoms with Gasteiger partial charge in [0.05, 0.1) is 5.69 Å². The van der Waals surface area contributed by atoms with Gasteiger partial charge in [-0.1, -0.05) is 6.07 Å². The van der Waals surface area contributed by atoms with Crippen LogP contribution in [-0.4, -0.2) is 52.9 Å². The highest BCUT2D eigenvalue weighted by molar-refractivity contribution is 5.71. The van der Waals surface area contributed by atoms with E-state index in [4.69, 9.17) is 0 Å². The van der Waals surface area contributed by atoms with Crippen LogP contribution in [0, 0.1) is 19.8 Å². The molecule has 4 rings (SSSR count). The van der Waals surface area contributed by atoms with Gasteiger partial charge >= 0.3 is 0 Å². The molecule has 1 N–H and O–H groups in total. The van der Waals surface area contributed by atoms with Crippen molar-refractivity contribution in [2.45, 2.75) is 32.7 Å². The number of likely N-dealkylation sites (N-methyl/N-ethyl adjacent to an activating group) is 1. The number of fused-ring (bicyclic) bond motifs is 1. The maximum absolute atomic E-state index is 10.3. The lowest BCUT2D eigenvalue weighted by molar-refractivity contribution is 0.207. The van der Waals surface area contributed by atoms with E-state index in [1.165, 1.54) is 19.4 Å². The lowest BCUT2D eigenvalue weighted by atomic mass is 9.92. The molecule has 0 saturated carbocycles. The molecule has 2 aliphatic rings. The second-order valence-corrected chi connectivity index (χ2v) is 7.61. The van der Waals surface area contributed by atoms with Gasteiger partial charge in [-0.2, -0.15) is 0 Å². The summed E-state index contributed by atoms with van der Waals surface area (Å²) in [6, 6.07) is 8.43. The van der Waals surface area contributed by atoms with E-state index >= 15 is 0 Å². The van der Waals surface area contributed by atoms with E-state index in [2.05, 4.69) is 39.2 Å². The first kappa shape index (κ1) is 16.3. The minimum Gasteiger partial charge on any atom is -0.507 e. The van der Waals surface area contributed by atoms with Gasteiger partial charge in [0, 0.05) is 24.7 Å². The van der Waals surface area contributed by atoms with Crippen LogP contribution in [0.25, 0.3) is 11.3 Å². The highest BCUT2D eigenvalue weighted by Crippen LogP contribution is 2.35. The van der Waals surface area contributed by atoms with Crippen LogP contribution in [0.2, 0.25) is 0 Å². The number of hydrogen-bond donors (Lipinski definition) is 1. The summed E-state index contributed by atoms with van der Waals surface area (Å²) >= 11 is 0. The smallest absolute Gasteiger partial charge is 0.151 e. The summed E-state index contributed by atoms with van der Waals surface area (Å²) in [5, 5.41) is 19.2. The molecular formula is C20H26N4O. The summed E-state index contributed by atoms with van der Waals surface area (Å²) in [6.45, 7) is 7.35. The van der Waals surface area contributed by atoms with Gasteiger partial charge in [-0.3, -0.25) is 0 Å². The van der Waals surface area contributed by atoms with Crippen molar-refractivity contribution >= 4 is 5.82 Å². The first-order chi connectivity index (χ1) is 12.0. The number of phenolic OH excluding ortho intramolecular Hbond substituents is 1. The minimum absolute atomic E-state index is 0.273. The Morgan fingerprint density at radius 2 is 1.88 bits per heavy atom. The van der Waals surface area contributed by atoms with Crippen molar-refractivity contribution < 1.29 is 5.11 Å². The number of anilines is 1. The lowest BCUT2D eigenvalue weighted by Gasteiger charge is -2.36. The highest BCUT2D eigenvalue weighted by Gasteiger charge is 2.38. The average molecular weight is 338 g/mol. The monoisotopic (exact) mass is 338 g/mol. The molecule has 132 valence electrons. The largest absolute Gasteiger partial charge is 0.507 e. The Morgan fingerprint density at radius 1 is 1.08 bits per heavy atom. The van der Waals surface area contributed by atoms with Crippen LogP contribution in [-0.2, 0) is 0 Å². The molecule has 2 atom stereocenters. The predicted octanol–water partition coefficient (Wildman–Crippen LogP) is 3.00. The first-order valence-corrected chi connectivity index (χ1v) is 9.12. The van der Waals surface area contributed by atoms with E-state index < -0.39 is 0 Å². The molecule has 25 heavy (non-hydrogen) atoms. The van der Waals surface area contributed by atoms with Gasteiger partial charge in [-0.05, 0) is 75.5 Å². The van der Waals surface area contributed by atoms with E-state index in [1.54, 1.807) is 6.07 Å². The molecule has 3 heterocycles. The van der Waals surface area contributed by atoms with E-state index in [-0.39, 0.29) is 5.75 Å². The third-order valence-corrected chi connectivity index (χ3v) is 5.73. The van der Waals surface area contributed by atoms with Gasteiger partial charge in [0.2, 0.25) is 0 Å². The molecule has 0 spiro atoms. The molecule has 0 radical (unpaired) electrons. The van der Waals surface area contributed by atoms with Crippen LogP contribution < -0.4 is 4.90 Å². The van der Waals surface area contributed by atoms with E-state index in [9.17, 15) is 5.11 Å². The minimum atomic E-state index is 0.273. The number of phenols is 1. The molecule has 2 aromatic rings. The van der Waals surface area contributed by atoms with Crippen LogP contribution in [0.1, 0.15) is 24.0 Å². The van der Waals surface area contributed by atoms with E-state index in [0.29, 0.717) is 6.04 Å². The number of aryl methyl sites for hydroxylation is 2.